The summed E-state index contributed by atoms with van der Waals surface area (Å²) >= 11 is 6.46. The predicted octanol–water partition coefficient (Wildman–Crippen LogP) is 4.93. The Hall–Kier alpha value is -3.29. The smallest absolute Gasteiger partial charge is 0.271 e. The number of Topliss-reactive ketones (excluding diaryl/α,β-unsaturated/α-hetero) is 1. The van der Waals surface area contributed by atoms with Gasteiger partial charge in [-0.15, -0.1) is 0 Å². The zero-order chi connectivity index (χ0) is 26.4. The van der Waals surface area contributed by atoms with Crippen LogP contribution in [0.5, 0.6) is 5.88 Å². The number of carbonyl (C=O) groups is 2. The Bertz CT molecular complexity index is 1330. The highest BCUT2D eigenvalue weighted by atomic mass is 32.2. The minimum absolute atomic E-state index is 0.0134. The van der Waals surface area contributed by atoms with Gasteiger partial charge in [-0.25, -0.2) is 4.39 Å². The normalized spacial score (nSPS) is 14.5. The van der Waals surface area contributed by atoms with Crippen LogP contribution in [0.15, 0.2) is 34.0 Å². The first-order chi connectivity index (χ1) is 17.2. The predicted molar refractivity (Wildman–Crippen MR) is 141 cm³/mol. The maximum atomic E-state index is 13.1. The quantitative estimate of drug-likeness (QED) is 0.202. The van der Waals surface area contributed by atoms with Crippen LogP contribution in [0, 0.1) is 24.1 Å². The lowest BCUT2D eigenvalue weighted by Gasteiger charge is -2.17. The van der Waals surface area contributed by atoms with Crippen molar-refractivity contribution in [2.75, 3.05) is 6.54 Å². The van der Waals surface area contributed by atoms with Crippen molar-refractivity contribution in [3.8, 4) is 11.9 Å². The standard InChI is InChI=1S/C26H26FN3O4S2/c1-3-4-5-12-29-23(32)19(15-28)16(2)22(25(29)34)20(31)7-6-13-30-24(33)21(36-26(30)35)14-17-8-10-18(27)11-9-17/h8-11,14,34H,3-7,12-13H2,1-2H3/b21-14-. The lowest BCUT2D eigenvalue weighted by molar-refractivity contribution is -0.122. The average molecular weight is 528 g/mol. The second-order valence-corrected chi connectivity index (χ2v) is 10.1. The Morgan fingerprint density at radius 3 is 2.53 bits per heavy atom. The van der Waals surface area contributed by atoms with Gasteiger partial charge in [0.1, 0.15) is 21.8 Å². The summed E-state index contributed by atoms with van der Waals surface area (Å²) in [6.07, 6.45) is 4.27. The second-order valence-electron chi connectivity index (χ2n) is 8.39. The van der Waals surface area contributed by atoms with Crippen molar-refractivity contribution in [3.05, 3.63) is 67.6 Å². The third-order valence-electron chi connectivity index (χ3n) is 5.89. The van der Waals surface area contributed by atoms with Gasteiger partial charge >= 0.3 is 0 Å². The molecule has 0 spiro atoms. The van der Waals surface area contributed by atoms with E-state index in [0.717, 1.165) is 29.2 Å². The number of hydrogen-bond donors (Lipinski definition) is 1. The van der Waals surface area contributed by atoms with Gasteiger partial charge in [0, 0.05) is 19.5 Å². The largest absolute Gasteiger partial charge is 0.494 e. The number of benzene rings is 1. The average Bonchev–Trinajstić information content (AvgIpc) is 3.10. The summed E-state index contributed by atoms with van der Waals surface area (Å²) in [5.74, 6) is -1.51. The number of nitriles is 1. The highest BCUT2D eigenvalue weighted by molar-refractivity contribution is 8.26. The van der Waals surface area contributed by atoms with Gasteiger partial charge in [0.15, 0.2) is 5.78 Å². The Morgan fingerprint density at radius 1 is 1.19 bits per heavy atom. The number of rotatable bonds is 10. The van der Waals surface area contributed by atoms with E-state index in [0.29, 0.717) is 21.2 Å². The van der Waals surface area contributed by atoms with Crippen molar-refractivity contribution in [2.24, 2.45) is 0 Å². The Kier molecular flexibility index (Phi) is 9.18. The molecule has 1 aliphatic rings. The van der Waals surface area contributed by atoms with Crippen molar-refractivity contribution in [3.63, 3.8) is 0 Å². The molecule has 188 valence electrons. The monoisotopic (exact) mass is 527 g/mol. The summed E-state index contributed by atoms with van der Waals surface area (Å²) < 4.78 is 14.6. The van der Waals surface area contributed by atoms with Gasteiger partial charge < -0.3 is 5.11 Å². The lowest BCUT2D eigenvalue weighted by Crippen LogP contribution is -2.30. The molecule has 0 saturated carbocycles. The molecule has 1 saturated heterocycles. The van der Waals surface area contributed by atoms with E-state index >= 15 is 0 Å². The van der Waals surface area contributed by atoms with E-state index in [9.17, 15) is 29.1 Å². The maximum absolute atomic E-state index is 13.1. The van der Waals surface area contributed by atoms with Crippen LogP contribution in [0.4, 0.5) is 4.39 Å². The van der Waals surface area contributed by atoms with Gasteiger partial charge in [0.05, 0.1) is 10.5 Å². The van der Waals surface area contributed by atoms with Crippen LogP contribution in [0.1, 0.15) is 66.1 Å². The first-order valence-electron chi connectivity index (χ1n) is 11.6. The van der Waals surface area contributed by atoms with E-state index in [2.05, 4.69) is 0 Å². The van der Waals surface area contributed by atoms with Crippen molar-refractivity contribution >= 4 is 46.1 Å². The van der Waals surface area contributed by atoms with Crippen molar-refractivity contribution in [1.29, 1.82) is 5.26 Å². The molecule has 1 N–H and O–H groups in total. The molecule has 1 aromatic carbocycles. The molecule has 3 rings (SSSR count). The molecule has 2 heterocycles. The minimum Gasteiger partial charge on any atom is -0.494 e. The van der Waals surface area contributed by atoms with Crippen LogP contribution in [0.25, 0.3) is 6.08 Å². The van der Waals surface area contributed by atoms with E-state index in [4.69, 9.17) is 12.2 Å². The molecule has 0 unspecified atom stereocenters. The Labute approximate surface area is 218 Å². The lowest BCUT2D eigenvalue weighted by atomic mass is 9.99. The Balaban J connectivity index is 1.72. The number of aromatic hydroxyl groups is 1. The molecule has 2 aromatic rings. The molecule has 36 heavy (non-hydrogen) atoms. The minimum atomic E-state index is -0.606. The molecule has 0 bridgehead atoms. The van der Waals surface area contributed by atoms with Crippen molar-refractivity contribution < 1.29 is 19.1 Å². The van der Waals surface area contributed by atoms with E-state index < -0.39 is 17.2 Å². The summed E-state index contributed by atoms with van der Waals surface area (Å²) in [6.45, 7) is 3.89. The summed E-state index contributed by atoms with van der Waals surface area (Å²) in [6, 6.07) is 7.60. The first kappa shape index (κ1) is 27.3. The van der Waals surface area contributed by atoms with Crippen LogP contribution in [-0.4, -0.2) is 37.1 Å². The number of nitrogens with zero attached hydrogens (tertiary/aromatic N) is 3. The highest BCUT2D eigenvalue weighted by Crippen LogP contribution is 2.33. The fourth-order valence-corrected chi connectivity index (χ4v) is 5.25. The molecular weight excluding hydrogens is 501 g/mol. The second kappa shape index (κ2) is 12.1. The van der Waals surface area contributed by atoms with Gasteiger partial charge in [-0.2, -0.15) is 5.26 Å². The number of halogens is 1. The molecule has 0 radical (unpaired) electrons. The van der Waals surface area contributed by atoms with E-state index in [1.165, 1.54) is 24.0 Å². The Morgan fingerprint density at radius 2 is 1.89 bits per heavy atom. The number of thioether (sulfide) groups is 1. The van der Waals surface area contributed by atoms with Crippen LogP contribution in [-0.2, 0) is 11.3 Å². The molecule has 0 aliphatic carbocycles. The van der Waals surface area contributed by atoms with Gasteiger partial charge in [-0.05, 0) is 49.1 Å². The zero-order valence-electron chi connectivity index (χ0n) is 20.0. The van der Waals surface area contributed by atoms with Crippen LogP contribution in [0.3, 0.4) is 0 Å². The molecule has 1 aromatic heterocycles. The zero-order valence-corrected chi connectivity index (χ0v) is 21.7. The first-order valence-corrected chi connectivity index (χ1v) is 12.8. The van der Waals surface area contributed by atoms with Gasteiger partial charge in [0.2, 0.25) is 5.88 Å². The summed E-state index contributed by atoms with van der Waals surface area (Å²) in [5.41, 5.74) is 0.0235. The molecule has 7 nitrogen and oxygen atoms in total. The molecule has 10 heteroatoms. The maximum Gasteiger partial charge on any atom is 0.271 e. The topological polar surface area (TPSA) is 103 Å². The summed E-state index contributed by atoms with van der Waals surface area (Å²) in [7, 11) is 0. The third kappa shape index (κ3) is 5.91. The molecule has 1 amide bonds. The number of carbonyl (C=O) groups excluding carboxylic acids is 2. The van der Waals surface area contributed by atoms with Crippen LogP contribution >= 0.6 is 24.0 Å². The number of ketones is 1. The van der Waals surface area contributed by atoms with Crippen molar-refractivity contribution in [2.45, 2.75) is 52.5 Å². The highest BCUT2D eigenvalue weighted by Gasteiger charge is 2.32. The number of aromatic nitrogens is 1. The van der Waals surface area contributed by atoms with Gasteiger partial charge in [-0.3, -0.25) is 23.9 Å². The molecule has 1 aliphatic heterocycles. The van der Waals surface area contributed by atoms with Crippen LogP contribution < -0.4 is 5.56 Å². The molecule has 0 atom stereocenters. The van der Waals surface area contributed by atoms with Crippen LogP contribution in [0.2, 0.25) is 0 Å². The van der Waals surface area contributed by atoms with Gasteiger partial charge in [-0.1, -0.05) is 55.9 Å². The number of hydrogen-bond acceptors (Lipinski definition) is 7. The summed E-state index contributed by atoms with van der Waals surface area (Å²) in [4.78, 5) is 40.3. The van der Waals surface area contributed by atoms with E-state index in [1.54, 1.807) is 18.2 Å². The number of amides is 1. The van der Waals surface area contributed by atoms with Crippen molar-refractivity contribution in [1.82, 2.24) is 9.47 Å². The fourth-order valence-electron chi connectivity index (χ4n) is 3.94. The third-order valence-corrected chi connectivity index (χ3v) is 7.27. The molecule has 1 fully saturated rings. The number of thiocarbonyl (C=S) groups is 1. The molecular formula is C26H26FN3O4S2. The van der Waals surface area contributed by atoms with E-state index in [-0.39, 0.29) is 54.3 Å². The summed E-state index contributed by atoms with van der Waals surface area (Å²) in [5, 5.41) is 20.2. The fraction of sp³-hybridized carbons (Fsp3) is 0.346. The van der Waals surface area contributed by atoms with Gasteiger partial charge in [0.25, 0.3) is 11.5 Å². The number of pyridine rings is 1. The number of unbranched alkanes of at least 4 members (excludes halogenated alkanes) is 2. The van der Waals surface area contributed by atoms with E-state index in [1.807, 2.05) is 13.0 Å². The SMILES string of the molecule is CCCCCn1c(O)c(C(=O)CCCN2C(=O)/C(=C/c3ccc(F)cc3)SC2=S)c(C)c(C#N)c1=O.